The van der Waals surface area contributed by atoms with Crippen LogP contribution in [0, 0.1) is 41.5 Å². The molecule has 6 rings (SSSR count). The number of nitrogens with zero attached hydrogens (tertiary/aromatic N) is 2. The first-order valence-electron chi connectivity index (χ1n) is 21.6. The van der Waals surface area contributed by atoms with Gasteiger partial charge >= 0.3 is 5.97 Å². The van der Waals surface area contributed by atoms with E-state index in [-0.39, 0.29) is 23.3 Å². The lowest BCUT2D eigenvalue weighted by atomic mass is 9.82. The Kier molecular flexibility index (Phi) is 15.9. The summed E-state index contributed by atoms with van der Waals surface area (Å²) >= 11 is 6.69. The molecule has 0 aliphatic carbocycles. The highest BCUT2D eigenvalue weighted by Crippen LogP contribution is 2.41. The van der Waals surface area contributed by atoms with Gasteiger partial charge in [-0.25, -0.2) is 4.79 Å². The van der Waals surface area contributed by atoms with E-state index in [1.54, 1.807) is 13.8 Å². The fourth-order valence-electron chi connectivity index (χ4n) is 8.88. The number of benzene rings is 6. The fraction of sp³-hybridized carbons (Fsp3) is 0.327. The number of fused-ring (bicyclic) bond motifs is 1. The van der Waals surface area contributed by atoms with E-state index in [2.05, 4.69) is 205 Å². The van der Waals surface area contributed by atoms with Gasteiger partial charge in [0, 0.05) is 65.5 Å². The Balaban J connectivity index is 0.000000800. The van der Waals surface area contributed by atoms with Gasteiger partial charge in [0.05, 0.1) is 12.0 Å². The van der Waals surface area contributed by atoms with Crippen LogP contribution in [0.4, 0.5) is 28.4 Å². The second-order valence-corrected chi connectivity index (χ2v) is 17.4. The third-order valence-electron chi connectivity index (χ3n) is 11.6. The number of rotatable bonds is 14. The number of esters is 1. The predicted octanol–water partition coefficient (Wildman–Crippen LogP) is 14.7. The van der Waals surface area contributed by atoms with Crippen LogP contribution in [0.15, 0.2) is 121 Å². The summed E-state index contributed by atoms with van der Waals surface area (Å²) in [5.41, 5.74) is 18.0. The molecule has 0 spiro atoms. The van der Waals surface area contributed by atoms with Gasteiger partial charge in [-0.2, -0.15) is 0 Å². The number of carbonyl (C=O) groups excluding carboxylic acids is 1. The molecular formula is C55H66ClN3O2. The largest absolute Gasteiger partial charge is 0.463 e. The number of anilines is 5. The number of ether oxygens (including phenoxy) is 1. The van der Waals surface area contributed by atoms with Crippen molar-refractivity contribution in [2.75, 3.05) is 35.8 Å². The maximum Gasteiger partial charge on any atom is 0.333 e. The number of hydrogen-bond donors (Lipinski definition) is 1. The second kappa shape index (κ2) is 20.8. The van der Waals surface area contributed by atoms with Crippen molar-refractivity contribution in [2.24, 2.45) is 0 Å². The normalized spacial score (nSPS) is 12.0. The van der Waals surface area contributed by atoms with Crippen molar-refractivity contribution in [3.63, 3.8) is 0 Å². The molecule has 5 nitrogen and oxygen atoms in total. The fourth-order valence-corrected chi connectivity index (χ4v) is 9.06. The zero-order chi connectivity index (χ0) is 44.5. The maximum absolute atomic E-state index is 10.4. The quantitative estimate of drug-likeness (QED) is 0.0512. The summed E-state index contributed by atoms with van der Waals surface area (Å²) in [5, 5.41) is 6.31. The van der Waals surface area contributed by atoms with Crippen molar-refractivity contribution in [1.82, 2.24) is 0 Å². The number of aryl methyl sites for hydroxylation is 6. The van der Waals surface area contributed by atoms with Crippen molar-refractivity contribution < 1.29 is 9.53 Å². The van der Waals surface area contributed by atoms with Crippen LogP contribution in [0.25, 0.3) is 10.8 Å². The molecule has 6 aromatic carbocycles. The molecular weight excluding hydrogens is 770 g/mol. The van der Waals surface area contributed by atoms with Crippen LogP contribution in [0.2, 0.25) is 0 Å². The molecule has 61 heavy (non-hydrogen) atoms. The molecule has 0 fully saturated rings. The zero-order valence-electron chi connectivity index (χ0n) is 38.5. The topological polar surface area (TPSA) is 44.8 Å². The SMILES string of the molecule is C=C(C)C(=O)OCC.CCCC(Nc1ccc(C(c2ccc(N(C)c3c(C)cc(C)cc3C)cc2)c2ccc(N(C)c3c(C)cc(C)cc3C)cc2)c2ccccc12)C(C)Cl. The van der Waals surface area contributed by atoms with E-state index in [1.807, 2.05) is 0 Å². The second-order valence-electron chi connectivity index (χ2n) is 16.7. The molecule has 1 N–H and O–H groups in total. The van der Waals surface area contributed by atoms with Gasteiger partial charge in [-0.15, -0.1) is 11.6 Å². The molecule has 0 heterocycles. The smallest absolute Gasteiger partial charge is 0.333 e. The summed E-state index contributed by atoms with van der Waals surface area (Å²) in [5.74, 6) is -0.288. The summed E-state index contributed by atoms with van der Waals surface area (Å²) in [4.78, 5) is 15.1. The van der Waals surface area contributed by atoms with Gasteiger partial charge < -0.3 is 19.9 Å². The summed E-state index contributed by atoms with van der Waals surface area (Å²) in [6.45, 7) is 24.7. The van der Waals surface area contributed by atoms with Crippen LogP contribution in [-0.2, 0) is 9.53 Å². The zero-order valence-corrected chi connectivity index (χ0v) is 39.3. The minimum atomic E-state index is -0.312. The van der Waals surface area contributed by atoms with Gasteiger partial charge in [0.1, 0.15) is 0 Å². The van der Waals surface area contributed by atoms with E-state index < -0.39 is 0 Å². The van der Waals surface area contributed by atoms with Gasteiger partial charge in [0.15, 0.2) is 0 Å². The van der Waals surface area contributed by atoms with Crippen LogP contribution in [0.1, 0.15) is 96.5 Å². The molecule has 320 valence electrons. The van der Waals surface area contributed by atoms with Gasteiger partial charge in [-0.1, -0.05) is 110 Å². The first-order chi connectivity index (χ1) is 29.1. The third-order valence-corrected chi connectivity index (χ3v) is 11.9. The van der Waals surface area contributed by atoms with Crippen LogP contribution in [-0.4, -0.2) is 38.1 Å². The highest BCUT2D eigenvalue weighted by Gasteiger charge is 2.23. The number of alkyl halides is 1. The van der Waals surface area contributed by atoms with Gasteiger partial charge in [-0.3, -0.25) is 0 Å². The number of hydrogen-bond acceptors (Lipinski definition) is 5. The highest BCUT2D eigenvalue weighted by molar-refractivity contribution is 6.21. The molecule has 0 saturated carbocycles. The molecule has 0 aromatic heterocycles. The van der Waals surface area contributed by atoms with Gasteiger partial charge in [0.25, 0.3) is 0 Å². The molecule has 0 aliphatic heterocycles. The molecule has 6 aromatic rings. The van der Waals surface area contributed by atoms with E-state index in [0.717, 1.165) is 18.5 Å². The van der Waals surface area contributed by atoms with Gasteiger partial charge in [0.2, 0.25) is 0 Å². The Hall–Kier alpha value is -5.52. The lowest BCUT2D eigenvalue weighted by molar-refractivity contribution is -0.138. The minimum Gasteiger partial charge on any atom is -0.463 e. The Morgan fingerprint density at radius 3 is 1.51 bits per heavy atom. The van der Waals surface area contributed by atoms with Crippen LogP contribution in [0.5, 0.6) is 0 Å². The van der Waals surface area contributed by atoms with Crippen LogP contribution >= 0.6 is 11.6 Å². The van der Waals surface area contributed by atoms with Crippen molar-refractivity contribution in [1.29, 1.82) is 0 Å². The van der Waals surface area contributed by atoms with E-state index in [0.29, 0.717) is 12.2 Å². The number of nitrogens with one attached hydrogen (secondary N) is 1. The monoisotopic (exact) mass is 835 g/mol. The number of halogens is 1. The van der Waals surface area contributed by atoms with Gasteiger partial charge in [-0.05, 0) is 143 Å². The molecule has 0 radical (unpaired) electrons. The summed E-state index contributed by atoms with van der Waals surface area (Å²) in [6.07, 6.45) is 2.10. The standard InChI is InChI=1S/C49H56ClN3.C6H10O2/c1-11-14-45(37(8)50)51-46-26-25-44(42-15-12-13-16-43(42)46)47(38-17-21-40(22-18-38)52(9)48-33(4)27-31(2)28-34(48)5)39-19-23-41(24-20-39)53(10)49-35(6)29-32(3)30-36(49)7;1-4-8-6(7)5(2)3/h12-13,15-30,37,45,47,51H,11,14H2,1-10H3;2,4H2,1,3H3. The Morgan fingerprint density at radius 1 is 0.689 bits per heavy atom. The molecule has 0 saturated heterocycles. The lowest BCUT2D eigenvalue weighted by Gasteiger charge is -2.27. The lowest BCUT2D eigenvalue weighted by Crippen LogP contribution is -2.27. The molecule has 0 amide bonds. The summed E-state index contributed by atoms with van der Waals surface area (Å²) in [7, 11) is 4.35. The van der Waals surface area contributed by atoms with Crippen LogP contribution < -0.4 is 15.1 Å². The summed E-state index contributed by atoms with van der Waals surface area (Å²) < 4.78 is 4.56. The molecule has 0 aliphatic rings. The van der Waals surface area contributed by atoms with Crippen LogP contribution in [0.3, 0.4) is 0 Å². The summed E-state index contributed by atoms with van der Waals surface area (Å²) in [6, 6.07) is 41.1. The van der Waals surface area contributed by atoms with Crippen molar-refractivity contribution in [2.45, 2.75) is 99.4 Å². The highest BCUT2D eigenvalue weighted by atomic mass is 35.5. The first-order valence-corrected chi connectivity index (χ1v) is 22.1. The van der Waals surface area contributed by atoms with E-state index in [4.69, 9.17) is 11.6 Å². The molecule has 6 heteroatoms. The first kappa shape index (κ1) is 46.5. The minimum absolute atomic E-state index is 0.0226. The maximum atomic E-state index is 10.4. The average Bonchev–Trinajstić information content (AvgIpc) is 3.21. The predicted molar refractivity (Wildman–Crippen MR) is 264 cm³/mol. The van der Waals surface area contributed by atoms with Crippen molar-refractivity contribution in [3.05, 3.63) is 171 Å². The molecule has 0 bridgehead atoms. The third kappa shape index (κ3) is 11.1. The average molecular weight is 837 g/mol. The molecule has 2 unspecified atom stereocenters. The Labute approximate surface area is 371 Å². The number of carbonyl (C=O) groups is 1. The Bertz CT molecular complexity index is 2300. The molecule has 2 atom stereocenters. The van der Waals surface area contributed by atoms with Crippen molar-refractivity contribution >= 4 is 56.8 Å². The van der Waals surface area contributed by atoms with Crippen molar-refractivity contribution in [3.8, 4) is 0 Å². The Morgan fingerprint density at radius 2 is 1.13 bits per heavy atom. The van der Waals surface area contributed by atoms with E-state index >= 15 is 0 Å². The van der Waals surface area contributed by atoms with E-state index in [1.165, 1.54) is 83.6 Å². The van der Waals surface area contributed by atoms with E-state index in [9.17, 15) is 4.79 Å².